The maximum Gasteiger partial charge on any atom is 0.255 e. The van der Waals surface area contributed by atoms with Crippen LogP contribution in [0, 0.1) is 6.92 Å². The molecule has 36 heavy (non-hydrogen) atoms. The van der Waals surface area contributed by atoms with Crippen LogP contribution in [0.15, 0.2) is 84.3 Å². The van der Waals surface area contributed by atoms with Gasteiger partial charge in [-0.3, -0.25) is 4.79 Å². The number of hydrogen-bond donors (Lipinski definition) is 2. The zero-order valence-electron chi connectivity index (χ0n) is 19.6. The second-order valence-corrected chi connectivity index (χ2v) is 9.29. The van der Waals surface area contributed by atoms with E-state index in [1.165, 1.54) is 6.33 Å². The van der Waals surface area contributed by atoms with E-state index in [9.17, 15) is 4.79 Å². The van der Waals surface area contributed by atoms with Crippen molar-refractivity contribution in [1.29, 1.82) is 0 Å². The van der Waals surface area contributed by atoms with Crippen molar-refractivity contribution in [1.82, 2.24) is 14.8 Å². The fourth-order valence-corrected chi connectivity index (χ4v) is 4.49. The highest BCUT2D eigenvalue weighted by molar-refractivity contribution is 6.42. The first-order chi connectivity index (χ1) is 17.4. The van der Waals surface area contributed by atoms with Crippen molar-refractivity contribution >= 4 is 40.7 Å². The van der Waals surface area contributed by atoms with Crippen LogP contribution in [0.1, 0.15) is 29.7 Å². The molecule has 3 aromatic carbocycles. The van der Waals surface area contributed by atoms with Crippen LogP contribution in [-0.2, 0) is 11.4 Å². The van der Waals surface area contributed by atoms with Crippen LogP contribution in [0.2, 0.25) is 10.0 Å². The summed E-state index contributed by atoms with van der Waals surface area (Å²) in [6, 6.07) is 20.2. The molecule has 0 fully saturated rings. The zero-order valence-corrected chi connectivity index (χ0v) is 21.1. The summed E-state index contributed by atoms with van der Waals surface area (Å²) in [5, 5.41) is 11.6. The summed E-state index contributed by atoms with van der Waals surface area (Å²) in [5.74, 6) is 0.990. The highest BCUT2D eigenvalue weighted by Crippen LogP contribution is 2.36. The Kier molecular flexibility index (Phi) is 6.67. The number of rotatable bonds is 6. The molecule has 9 heteroatoms. The van der Waals surface area contributed by atoms with Crippen molar-refractivity contribution in [3.05, 3.63) is 111 Å². The van der Waals surface area contributed by atoms with Gasteiger partial charge in [0.25, 0.3) is 5.91 Å². The lowest BCUT2D eigenvalue weighted by atomic mass is 9.94. The van der Waals surface area contributed by atoms with E-state index in [4.69, 9.17) is 27.9 Å². The Morgan fingerprint density at radius 1 is 1.06 bits per heavy atom. The number of anilines is 2. The van der Waals surface area contributed by atoms with E-state index < -0.39 is 6.04 Å². The van der Waals surface area contributed by atoms with Gasteiger partial charge in [0, 0.05) is 11.4 Å². The van der Waals surface area contributed by atoms with Crippen molar-refractivity contribution in [2.45, 2.75) is 26.5 Å². The molecule has 4 aromatic rings. The molecule has 1 aliphatic rings. The summed E-state index contributed by atoms with van der Waals surface area (Å²) in [5.41, 5.74) is 4.70. The molecule has 1 atom stereocenters. The molecular weight excluding hydrogens is 497 g/mol. The number of aryl methyl sites for hydroxylation is 1. The fourth-order valence-electron chi connectivity index (χ4n) is 4.17. The number of amides is 1. The third-order valence-corrected chi connectivity index (χ3v) is 6.73. The SMILES string of the molecule is CC1=C(C(=O)Nc2ccccc2C)C(c2cccc(OCc3ccc(Cl)c(Cl)c3)c2)n2ncnc2N1. The first-order valence-corrected chi connectivity index (χ1v) is 12.1. The first kappa shape index (κ1) is 23.9. The van der Waals surface area contributed by atoms with Crippen LogP contribution in [0.5, 0.6) is 5.75 Å². The number of benzene rings is 3. The molecule has 0 spiro atoms. The molecule has 0 saturated carbocycles. The number of ether oxygens (including phenoxy) is 1. The van der Waals surface area contributed by atoms with E-state index in [0.717, 1.165) is 22.4 Å². The van der Waals surface area contributed by atoms with Gasteiger partial charge in [-0.25, -0.2) is 4.68 Å². The summed E-state index contributed by atoms with van der Waals surface area (Å²) in [6.45, 7) is 4.14. The fraction of sp³-hybridized carbons (Fsp3) is 0.148. The quantitative estimate of drug-likeness (QED) is 0.308. The minimum atomic E-state index is -0.499. The predicted molar refractivity (Wildman–Crippen MR) is 142 cm³/mol. The van der Waals surface area contributed by atoms with E-state index in [1.807, 2.05) is 68.4 Å². The van der Waals surface area contributed by atoms with Crippen LogP contribution in [0.4, 0.5) is 11.6 Å². The van der Waals surface area contributed by atoms with Crippen LogP contribution in [-0.4, -0.2) is 20.7 Å². The number of nitrogens with zero attached hydrogens (tertiary/aromatic N) is 3. The maximum atomic E-state index is 13.6. The molecule has 1 amide bonds. The van der Waals surface area contributed by atoms with Gasteiger partial charge < -0.3 is 15.4 Å². The van der Waals surface area contributed by atoms with Crippen LogP contribution in [0.3, 0.4) is 0 Å². The molecule has 0 saturated heterocycles. The Morgan fingerprint density at radius 2 is 1.89 bits per heavy atom. The van der Waals surface area contributed by atoms with E-state index in [2.05, 4.69) is 20.7 Å². The molecular formula is C27H23Cl2N5O2. The number of para-hydroxylation sites is 1. The number of hydrogen-bond acceptors (Lipinski definition) is 5. The van der Waals surface area contributed by atoms with Crippen molar-refractivity contribution in [3.63, 3.8) is 0 Å². The zero-order chi connectivity index (χ0) is 25.2. The molecule has 2 N–H and O–H groups in total. The van der Waals surface area contributed by atoms with Crippen molar-refractivity contribution in [2.24, 2.45) is 0 Å². The van der Waals surface area contributed by atoms with E-state index in [1.54, 1.807) is 16.8 Å². The molecule has 2 heterocycles. The Balaban J connectivity index is 1.46. The minimum absolute atomic E-state index is 0.220. The molecule has 182 valence electrons. The Hall–Kier alpha value is -3.81. The van der Waals surface area contributed by atoms with Crippen LogP contribution >= 0.6 is 23.2 Å². The second-order valence-electron chi connectivity index (χ2n) is 8.47. The normalized spacial score (nSPS) is 14.7. The van der Waals surface area contributed by atoms with Gasteiger partial charge in [-0.05, 0) is 60.9 Å². The monoisotopic (exact) mass is 519 g/mol. The summed E-state index contributed by atoms with van der Waals surface area (Å²) in [4.78, 5) is 17.9. The topological polar surface area (TPSA) is 81.1 Å². The summed E-state index contributed by atoms with van der Waals surface area (Å²) in [6.07, 6.45) is 1.47. The number of fused-ring (bicyclic) bond motifs is 1. The molecule has 1 unspecified atom stereocenters. The number of allylic oxidation sites excluding steroid dienone is 1. The predicted octanol–water partition coefficient (Wildman–Crippen LogP) is 6.40. The minimum Gasteiger partial charge on any atom is -0.489 e. The van der Waals surface area contributed by atoms with Gasteiger partial charge in [-0.15, -0.1) is 0 Å². The van der Waals surface area contributed by atoms with Crippen LogP contribution in [0.25, 0.3) is 0 Å². The number of carbonyl (C=O) groups excluding carboxylic acids is 1. The number of nitrogens with one attached hydrogen (secondary N) is 2. The van der Waals surface area contributed by atoms with Gasteiger partial charge >= 0.3 is 0 Å². The molecule has 1 aliphatic heterocycles. The van der Waals surface area contributed by atoms with Gasteiger partial charge in [-0.2, -0.15) is 10.1 Å². The largest absolute Gasteiger partial charge is 0.489 e. The number of aromatic nitrogens is 3. The van der Waals surface area contributed by atoms with E-state index in [0.29, 0.717) is 39.6 Å². The van der Waals surface area contributed by atoms with Gasteiger partial charge in [0.1, 0.15) is 24.7 Å². The molecule has 5 rings (SSSR count). The van der Waals surface area contributed by atoms with Gasteiger partial charge in [-0.1, -0.05) is 59.6 Å². The molecule has 1 aromatic heterocycles. The van der Waals surface area contributed by atoms with Crippen LogP contribution < -0.4 is 15.4 Å². The Bertz CT molecular complexity index is 1480. The highest BCUT2D eigenvalue weighted by atomic mass is 35.5. The Labute approximate surface area is 218 Å². The molecule has 7 nitrogen and oxygen atoms in total. The molecule has 0 radical (unpaired) electrons. The smallest absolute Gasteiger partial charge is 0.255 e. The average Bonchev–Trinajstić information content (AvgIpc) is 3.33. The van der Waals surface area contributed by atoms with Crippen molar-refractivity contribution in [2.75, 3.05) is 10.6 Å². The third-order valence-electron chi connectivity index (χ3n) is 6.00. The lowest BCUT2D eigenvalue weighted by Crippen LogP contribution is -2.31. The molecule has 0 bridgehead atoms. The number of carbonyl (C=O) groups is 1. The maximum absolute atomic E-state index is 13.6. The van der Waals surface area contributed by atoms with E-state index in [-0.39, 0.29) is 5.91 Å². The summed E-state index contributed by atoms with van der Waals surface area (Å²) in [7, 11) is 0. The first-order valence-electron chi connectivity index (χ1n) is 11.3. The van der Waals surface area contributed by atoms with Crippen molar-refractivity contribution < 1.29 is 9.53 Å². The molecule has 0 aliphatic carbocycles. The lowest BCUT2D eigenvalue weighted by molar-refractivity contribution is -0.113. The summed E-state index contributed by atoms with van der Waals surface area (Å²) < 4.78 is 7.75. The third kappa shape index (κ3) is 4.80. The van der Waals surface area contributed by atoms with Gasteiger partial charge in [0.15, 0.2) is 0 Å². The van der Waals surface area contributed by atoms with E-state index >= 15 is 0 Å². The number of halogens is 2. The Morgan fingerprint density at radius 3 is 2.69 bits per heavy atom. The second kappa shape index (κ2) is 10.0. The lowest BCUT2D eigenvalue weighted by Gasteiger charge is -2.29. The van der Waals surface area contributed by atoms with Gasteiger partial charge in [0.2, 0.25) is 5.95 Å². The summed E-state index contributed by atoms with van der Waals surface area (Å²) >= 11 is 12.2. The van der Waals surface area contributed by atoms with Crippen molar-refractivity contribution in [3.8, 4) is 5.75 Å². The average molecular weight is 520 g/mol. The highest BCUT2D eigenvalue weighted by Gasteiger charge is 2.33. The van der Waals surface area contributed by atoms with Gasteiger partial charge in [0.05, 0.1) is 15.6 Å². The standard InChI is InChI=1S/C27H23Cl2N5O2/c1-16-6-3-4-9-23(16)33-26(35)24-17(2)32-27-30-15-31-34(27)25(24)19-7-5-8-20(13-19)36-14-18-10-11-21(28)22(29)12-18/h3-13,15,25H,14H2,1-2H3,(H,33,35)(H,30,31,32).